The molecular formula is C14H14F2O. The van der Waals surface area contributed by atoms with Crippen LogP contribution in [0.1, 0.15) is 13.8 Å². The number of hydrogen-bond acceptors (Lipinski definition) is 1. The van der Waals surface area contributed by atoms with Crippen LogP contribution >= 0.6 is 0 Å². The molecule has 0 aliphatic carbocycles. The van der Waals surface area contributed by atoms with Crippen LogP contribution in [0.4, 0.5) is 8.78 Å². The van der Waals surface area contributed by atoms with Crippen LogP contribution in [0.3, 0.4) is 0 Å². The summed E-state index contributed by atoms with van der Waals surface area (Å²) in [7, 11) is 0. The van der Waals surface area contributed by atoms with Crippen molar-refractivity contribution in [2.45, 2.75) is 13.8 Å². The second-order valence-corrected chi connectivity index (χ2v) is 3.51. The van der Waals surface area contributed by atoms with Gasteiger partial charge in [-0.25, -0.2) is 8.78 Å². The van der Waals surface area contributed by atoms with Crippen molar-refractivity contribution in [3.8, 4) is 5.75 Å². The number of hydrogen-bond donors (Lipinski definition) is 0. The Morgan fingerprint density at radius 2 is 1.94 bits per heavy atom. The van der Waals surface area contributed by atoms with E-state index in [4.69, 9.17) is 4.74 Å². The Morgan fingerprint density at radius 3 is 2.53 bits per heavy atom. The van der Waals surface area contributed by atoms with Gasteiger partial charge in [0.25, 0.3) is 0 Å². The minimum absolute atomic E-state index is 0.219. The van der Waals surface area contributed by atoms with Gasteiger partial charge < -0.3 is 4.74 Å². The Morgan fingerprint density at radius 1 is 1.24 bits per heavy atom. The number of ether oxygens (including phenoxy) is 1. The summed E-state index contributed by atoms with van der Waals surface area (Å²) in [5.74, 6) is -1.26. The standard InChI is InChI=1S/C14H14F2O/c1-4-10(2)5-6-11(3)17-12-7-8-13(15)14(16)9-12/h4-9H,3H2,1-2H3/b6-5-,10-4-. The monoisotopic (exact) mass is 236 g/mol. The first kappa shape index (κ1) is 13.2. The maximum atomic E-state index is 12.9. The van der Waals surface area contributed by atoms with Gasteiger partial charge in [-0.1, -0.05) is 24.3 Å². The van der Waals surface area contributed by atoms with Crippen LogP contribution in [-0.4, -0.2) is 0 Å². The first-order valence-corrected chi connectivity index (χ1v) is 5.15. The van der Waals surface area contributed by atoms with Crippen LogP contribution in [0.5, 0.6) is 5.75 Å². The van der Waals surface area contributed by atoms with E-state index < -0.39 is 11.6 Å². The highest BCUT2D eigenvalue weighted by molar-refractivity contribution is 5.29. The SMILES string of the molecule is C=C(/C=C\C(C)=C/C)Oc1ccc(F)c(F)c1. The highest BCUT2D eigenvalue weighted by atomic mass is 19.2. The summed E-state index contributed by atoms with van der Waals surface area (Å²) in [6.07, 6.45) is 5.42. The Balaban J connectivity index is 2.68. The van der Waals surface area contributed by atoms with E-state index in [-0.39, 0.29) is 5.75 Å². The van der Waals surface area contributed by atoms with Crippen molar-refractivity contribution >= 4 is 0 Å². The van der Waals surface area contributed by atoms with Crippen LogP contribution in [0, 0.1) is 11.6 Å². The molecule has 1 rings (SSSR count). The minimum Gasteiger partial charge on any atom is -0.458 e. The van der Waals surface area contributed by atoms with Crippen molar-refractivity contribution in [1.82, 2.24) is 0 Å². The lowest BCUT2D eigenvalue weighted by atomic mass is 10.2. The molecular weight excluding hydrogens is 222 g/mol. The first-order valence-electron chi connectivity index (χ1n) is 5.15. The van der Waals surface area contributed by atoms with E-state index in [0.717, 1.165) is 17.7 Å². The number of benzene rings is 1. The number of halogens is 2. The maximum Gasteiger partial charge on any atom is 0.162 e. The molecule has 0 radical (unpaired) electrons. The summed E-state index contributed by atoms with van der Waals surface area (Å²) in [5, 5.41) is 0. The van der Waals surface area contributed by atoms with Gasteiger partial charge in [-0.05, 0) is 32.1 Å². The molecule has 0 saturated carbocycles. The lowest BCUT2D eigenvalue weighted by Crippen LogP contribution is -1.92. The zero-order valence-electron chi connectivity index (χ0n) is 9.84. The first-order chi connectivity index (χ1) is 8.02. The molecule has 0 atom stereocenters. The second-order valence-electron chi connectivity index (χ2n) is 3.51. The summed E-state index contributed by atoms with van der Waals surface area (Å²) in [4.78, 5) is 0. The lowest BCUT2D eigenvalue weighted by Gasteiger charge is -2.05. The summed E-state index contributed by atoms with van der Waals surface area (Å²) in [6, 6.07) is 3.34. The molecule has 0 aromatic heterocycles. The molecule has 90 valence electrons. The maximum absolute atomic E-state index is 12.9. The van der Waals surface area contributed by atoms with Gasteiger partial charge in [-0.2, -0.15) is 0 Å². The van der Waals surface area contributed by atoms with Crippen molar-refractivity contribution in [3.63, 3.8) is 0 Å². The molecule has 0 N–H and O–H groups in total. The molecule has 1 aromatic rings. The fourth-order valence-corrected chi connectivity index (χ4v) is 1.05. The van der Waals surface area contributed by atoms with E-state index in [1.807, 2.05) is 26.0 Å². The molecule has 0 aliphatic rings. The molecule has 0 aliphatic heterocycles. The Labute approximate surface area is 99.7 Å². The minimum atomic E-state index is -0.941. The topological polar surface area (TPSA) is 9.23 Å². The van der Waals surface area contributed by atoms with Crippen LogP contribution in [-0.2, 0) is 0 Å². The largest absolute Gasteiger partial charge is 0.458 e. The van der Waals surface area contributed by atoms with Gasteiger partial charge in [0.1, 0.15) is 11.5 Å². The summed E-state index contributed by atoms with van der Waals surface area (Å²) < 4.78 is 30.8. The van der Waals surface area contributed by atoms with Crippen molar-refractivity contribution in [1.29, 1.82) is 0 Å². The molecule has 0 amide bonds. The van der Waals surface area contributed by atoms with Crippen molar-refractivity contribution < 1.29 is 13.5 Å². The molecule has 0 heterocycles. The van der Waals surface area contributed by atoms with Gasteiger partial charge in [-0.15, -0.1) is 0 Å². The third-order valence-electron chi connectivity index (χ3n) is 2.13. The summed E-state index contributed by atoms with van der Waals surface area (Å²) in [5.41, 5.74) is 1.06. The Hall–Kier alpha value is -1.90. The second kappa shape index (κ2) is 5.99. The molecule has 0 bridgehead atoms. The van der Waals surface area contributed by atoms with E-state index in [0.29, 0.717) is 5.76 Å². The average molecular weight is 236 g/mol. The van der Waals surface area contributed by atoms with Gasteiger partial charge in [0.2, 0.25) is 0 Å². The molecule has 0 saturated heterocycles. The Bertz CT molecular complexity index is 473. The smallest absolute Gasteiger partial charge is 0.162 e. The van der Waals surface area contributed by atoms with Gasteiger partial charge in [-0.3, -0.25) is 0 Å². The zero-order chi connectivity index (χ0) is 12.8. The molecule has 0 unspecified atom stereocenters. The third kappa shape index (κ3) is 4.23. The summed E-state index contributed by atoms with van der Waals surface area (Å²) in [6.45, 7) is 7.50. The molecule has 17 heavy (non-hydrogen) atoms. The molecule has 0 fully saturated rings. The lowest BCUT2D eigenvalue weighted by molar-refractivity contribution is 0.434. The van der Waals surface area contributed by atoms with Crippen molar-refractivity contribution in [3.05, 3.63) is 66.0 Å². The molecule has 1 nitrogen and oxygen atoms in total. The van der Waals surface area contributed by atoms with E-state index >= 15 is 0 Å². The highest BCUT2D eigenvalue weighted by Gasteiger charge is 2.03. The van der Waals surface area contributed by atoms with Crippen molar-refractivity contribution in [2.24, 2.45) is 0 Å². The van der Waals surface area contributed by atoms with Crippen LogP contribution in [0.15, 0.2) is 54.3 Å². The predicted molar refractivity (Wildman–Crippen MR) is 64.7 cm³/mol. The fourth-order valence-electron chi connectivity index (χ4n) is 1.05. The summed E-state index contributed by atoms with van der Waals surface area (Å²) >= 11 is 0. The third-order valence-corrected chi connectivity index (χ3v) is 2.13. The van der Waals surface area contributed by atoms with Gasteiger partial charge in [0, 0.05) is 6.07 Å². The van der Waals surface area contributed by atoms with Gasteiger partial charge >= 0.3 is 0 Å². The zero-order valence-corrected chi connectivity index (χ0v) is 9.84. The molecule has 3 heteroatoms. The van der Waals surface area contributed by atoms with E-state index in [9.17, 15) is 8.78 Å². The highest BCUT2D eigenvalue weighted by Crippen LogP contribution is 2.17. The number of rotatable bonds is 4. The fraction of sp³-hybridized carbons (Fsp3) is 0.143. The normalized spacial score (nSPS) is 11.9. The van der Waals surface area contributed by atoms with E-state index in [1.165, 1.54) is 6.07 Å². The Kier molecular flexibility index (Phi) is 4.64. The van der Waals surface area contributed by atoms with Crippen LogP contribution in [0.25, 0.3) is 0 Å². The predicted octanol–water partition coefficient (Wildman–Crippen LogP) is 4.38. The van der Waals surface area contributed by atoms with E-state index in [2.05, 4.69) is 6.58 Å². The molecule has 1 aromatic carbocycles. The van der Waals surface area contributed by atoms with Crippen molar-refractivity contribution in [2.75, 3.05) is 0 Å². The van der Waals surface area contributed by atoms with Crippen LogP contribution in [0.2, 0.25) is 0 Å². The molecule has 0 spiro atoms. The number of allylic oxidation sites excluding steroid dienone is 4. The van der Waals surface area contributed by atoms with Crippen LogP contribution < -0.4 is 4.74 Å². The average Bonchev–Trinajstić information content (AvgIpc) is 2.31. The van der Waals surface area contributed by atoms with E-state index in [1.54, 1.807) is 6.08 Å². The van der Waals surface area contributed by atoms with Gasteiger partial charge in [0.05, 0.1) is 0 Å². The quantitative estimate of drug-likeness (QED) is 0.556. The van der Waals surface area contributed by atoms with Gasteiger partial charge in [0.15, 0.2) is 11.6 Å².